The molecule has 1 unspecified atom stereocenters. The van der Waals surface area contributed by atoms with Gasteiger partial charge >= 0.3 is 0 Å². The lowest BCUT2D eigenvalue weighted by molar-refractivity contribution is -0.129. The topological polar surface area (TPSA) is 84.2 Å². The summed E-state index contributed by atoms with van der Waals surface area (Å²) in [5.41, 5.74) is 7.02. The van der Waals surface area contributed by atoms with Crippen molar-refractivity contribution in [3.63, 3.8) is 0 Å². The van der Waals surface area contributed by atoms with Gasteiger partial charge in [-0.25, -0.2) is 0 Å². The fraction of sp³-hybridized carbons (Fsp3) is 0.500. The van der Waals surface area contributed by atoms with E-state index in [0.29, 0.717) is 6.42 Å². The quantitative estimate of drug-likeness (QED) is 0.700. The van der Waals surface area contributed by atoms with E-state index < -0.39 is 12.1 Å². The number of carbonyl (C=O) groups excluding carboxylic acids is 2. The van der Waals surface area contributed by atoms with Gasteiger partial charge in [-0.05, 0) is 39.2 Å². The van der Waals surface area contributed by atoms with Gasteiger partial charge in [-0.1, -0.05) is 30.3 Å². The predicted octanol–water partition coefficient (Wildman–Crippen LogP) is 0.976. The van der Waals surface area contributed by atoms with Gasteiger partial charge in [0, 0.05) is 6.04 Å². The van der Waals surface area contributed by atoms with Gasteiger partial charge in [0.2, 0.25) is 11.8 Å². The minimum atomic E-state index is -0.612. The van der Waals surface area contributed by atoms with E-state index in [4.69, 9.17) is 5.73 Å². The van der Waals surface area contributed by atoms with Gasteiger partial charge in [-0.15, -0.1) is 0 Å². The highest BCUT2D eigenvalue weighted by Crippen LogP contribution is 2.04. The third-order valence-electron chi connectivity index (χ3n) is 3.11. The first-order chi connectivity index (χ1) is 9.90. The van der Waals surface area contributed by atoms with E-state index in [0.717, 1.165) is 12.0 Å². The van der Waals surface area contributed by atoms with Gasteiger partial charge in [0.1, 0.15) is 6.04 Å². The maximum absolute atomic E-state index is 11.9. The highest BCUT2D eigenvalue weighted by molar-refractivity contribution is 5.89. The Morgan fingerprint density at radius 1 is 1.05 bits per heavy atom. The van der Waals surface area contributed by atoms with Crippen LogP contribution in [0.4, 0.5) is 0 Å². The minimum Gasteiger partial charge on any atom is -0.352 e. The van der Waals surface area contributed by atoms with Crippen LogP contribution in [0.3, 0.4) is 0 Å². The van der Waals surface area contributed by atoms with Gasteiger partial charge < -0.3 is 16.4 Å². The first-order valence-corrected chi connectivity index (χ1v) is 7.30. The van der Waals surface area contributed by atoms with Crippen molar-refractivity contribution < 1.29 is 9.59 Å². The lowest BCUT2D eigenvalue weighted by Gasteiger charge is -2.18. The Balaban J connectivity index is 2.38. The first kappa shape index (κ1) is 17.2. The zero-order valence-corrected chi connectivity index (χ0v) is 12.9. The Kier molecular flexibility index (Phi) is 6.88. The van der Waals surface area contributed by atoms with Crippen molar-refractivity contribution in [2.75, 3.05) is 0 Å². The summed E-state index contributed by atoms with van der Waals surface area (Å²) in [6.45, 7) is 5.40. The molecule has 21 heavy (non-hydrogen) atoms. The van der Waals surface area contributed by atoms with Crippen LogP contribution in [0.25, 0.3) is 0 Å². The molecule has 0 aliphatic heterocycles. The van der Waals surface area contributed by atoms with Gasteiger partial charge in [0.05, 0.1) is 6.04 Å². The van der Waals surface area contributed by atoms with E-state index in [9.17, 15) is 9.59 Å². The summed E-state index contributed by atoms with van der Waals surface area (Å²) in [5.74, 6) is -0.494. The van der Waals surface area contributed by atoms with Gasteiger partial charge in [-0.3, -0.25) is 9.59 Å². The molecular formula is C16H25N3O2. The van der Waals surface area contributed by atoms with Gasteiger partial charge in [0.25, 0.3) is 0 Å². The molecule has 1 rings (SSSR count). The fourth-order valence-corrected chi connectivity index (χ4v) is 1.89. The molecule has 5 heteroatoms. The number of carbonyl (C=O) groups is 2. The third kappa shape index (κ3) is 6.40. The molecule has 0 aromatic heterocycles. The predicted molar refractivity (Wildman–Crippen MR) is 83.6 cm³/mol. The van der Waals surface area contributed by atoms with Crippen LogP contribution in [0.15, 0.2) is 30.3 Å². The lowest BCUT2D eigenvalue weighted by atomic mass is 10.1. The molecule has 0 heterocycles. The van der Waals surface area contributed by atoms with Crippen LogP contribution in [-0.2, 0) is 16.0 Å². The Labute approximate surface area is 126 Å². The molecule has 0 aliphatic carbocycles. The van der Waals surface area contributed by atoms with Crippen molar-refractivity contribution in [1.82, 2.24) is 10.6 Å². The zero-order valence-electron chi connectivity index (χ0n) is 12.9. The molecule has 116 valence electrons. The third-order valence-corrected chi connectivity index (χ3v) is 3.11. The van der Waals surface area contributed by atoms with E-state index in [1.807, 2.05) is 44.2 Å². The van der Waals surface area contributed by atoms with E-state index in [1.165, 1.54) is 0 Å². The Hall–Kier alpha value is -1.88. The van der Waals surface area contributed by atoms with Crippen molar-refractivity contribution in [3.8, 4) is 0 Å². The number of nitrogens with one attached hydrogen (secondary N) is 2. The molecule has 2 atom stereocenters. The highest BCUT2D eigenvalue weighted by atomic mass is 16.2. The van der Waals surface area contributed by atoms with Crippen molar-refractivity contribution in [2.24, 2.45) is 5.73 Å². The van der Waals surface area contributed by atoms with Crippen molar-refractivity contribution >= 4 is 11.8 Å². The van der Waals surface area contributed by atoms with Crippen LogP contribution >= 0.6 is 0 Å². The number of amides is 2. The van der Waals surface area contributed by atoms with Crippen LogP contribution in [0, 0.1) is 0 Å². The molecule has 2 amide bonds. The van der Waals surface area contributed by atoms with Crippen LogP contribution in [0.5, 0.6) is 0 Å². The summed E-state index contributed by atoms with van der Waals surface area (Å²) in [6.07, 6.45) is 1.29. The molecule has 0 aliphatic rings. The monoisotopic (exact) mass is 291 g/mol. The van der Waals surface area contributed by atoms with Crippen LogP contribution in [0.1, 0.15) is 32.8 Å². The summed E-state index contributed by atoms with van der Waals surface area (Å²) in [4.78, 5) is 23.7. The number of aryl methyl sites for hydroxylation is 1. The van der Waals surface area contributed by atoms with Crippen molar-refractivity contribution in [3.05, 3.63) is 35.9 Å². The highest BCUT2D eigenvalue weighted by Gasteiger charge is 2.20. The molecule has 4 N–H and O–H groups in total. The number of hydrogen-bond donors (Lipinski definition) is 3. The Morgan fingerprint density at radius 2 is 1.67 bits per heavy atom. The minimum absolute atomic E-state index is 0.0450. The van der Waals surface area contributed by atoms with Crippen molar-refractivity contribution in [2.45, 2.75) is 51.7 Å². The standard InChI is InChI=1S/C16H25N3O2/c1-11(2)18-15(20)12(3)19-16(21)14(17)10-9-13-7-5-4-6-8-13/h4-8,11-12,14H,9-10,17H2,1-3H3,(H,18,20)(H,19,21)/t12?,14-/m0/s1. The van der Waals surface area contributed by atoms with Crippen LogP contribution < -0.4 is 16.4 Å². The van der Waals surface area contributed by atoms with Crippen molar-refractivity contribution in [1.29, 1.82) is 0 Å². The van der Waals surface area contributed by atoms with Gasteiger partial charge in [0.15, 0.2) is 0 Å². The normalized spacial score (nSPS) is 13.6. The molecule has 0 spiro atoms. The first-order valence-electron chi connectivity index (χ1n) is 7.30. The molecule has 0 saturated heterocycles. The number of nitrogens with two attached hydrogens (primary N) is 1. The maximum atomic E-state index is 11.9. The summed E-state index contributed by atoms with van der Waals surface area (Å²) < 4.78 is 0. The Morgan fingerprint density at radius 3 is 2.24 bits per heavy atom. The lowest BCUT2D eigenvalue weighted by Crippen LogP contribution is -2.51. The average Bonchev–Trinajstić information content (AvgIpc) is 2.44. The molecule has 1 aromatic carbocycles. The summed E-state index contributed by atoms with van der Waals surface area (Å²) in [6, 6.07) is 8.72. The maximum Gasteiger partial charge on any atom is 0.242 e. The SMILES string of the molecule is CC(C)NC(=O)C(C)NC(=O)[C@@H](N)CCc1ccccc1. The number of rotatable bonds is 7. The number of benzene rings is 1. The second kappa shape index (κ2) is 8.42. The molecule has 5 nitrogen and oxygen atoms in total. The van der Waals surface area contributed by atoms with Gasteiger partial charge in [-0.2, -0.15) is 0 Å². The molecule has 1 aromatic rings. The second-order valence-electron chi connectivity index (χ2n) is 5.52. The second-order valence-corrected chi connectivity index (χ2v) is 5.52. The number of hydrogen-bond acceptors (Lipinski definition) is 3. The van der Waals surface area contributed by atoms with E-state index in [-0.39, 0.29) is 17.9 Å². The van der Waals surface area contributed by atoms with Crippen LogP contribution in [0.2, 0.25) is 0 Å². The molecule has 0 radical (unpaired) electrons. The summed E-state index contributed by atoms with van der Waals surface area (Å²) >= 11 is 0. The molecule has 0 saturated carbocycles. The van der Waals surface area contributed by atoms with E-state index in [2.05, 4.69) is 10.6 Å². The zero-order chi connectivity index (χ0) is 15.8. The van der Waals surface area contributed by atoms with Crippen LogP contribution in [-0.4, -0.2) is 29.9 Å². The molecule has 0 fully saturated rings. The smallest absolute Gasteiger partial charge is 0.242 e. The molecule has 0 bridgehead atoms. The van der Waals surface area contributed by atoms with E-state index >= 15 is 0 Å². The Bertz CT molecular complexity index is 460. The molecular weight excluding hydrogens is 266 g/mol. The summed E-state index contributed by atoms with van der Waals surface area (Å²) in [7, 11) is 0. The van der Waals surface area contributed by atoms with E-state index in [1.54, 1.807) is 6.92 Å². The largest absolute Gasteiger partial charge is 0.352 e. The fourth-order valence-electron chi connectivity index (χ4n) is 1.89. The average molecular weight is 291 g/mol. The summed E-state index contributed by atoms with van der Waals surface area (Å²) in [5, 5.41) is 5.40.